The number of hydrogen-bond acceptors (Lipinski definition) is 4. The van der Waals surface area contributed by atoms with Crippen LogP contribution in [0.5, 0.6) is 0 Å². The van der Waals surface area contributed by atoms with Gasteiger partial charge in [-0.2, -0.15) is 0 Å². The van der Waals surface area contributed by atoms with Crippen LogP contribution in [0.1, 0.15) is 39.5 Å². The lowest BCUT2D eigenvalue weighted by atomic mass is 9.83. The number of nitrogens with zero attached hydrogens (tertiary/aromatic N) is 1. The number of carboxylic acids is 1. The third kappa shape index (κ3) is 4.68. The van der Waals surface area contributed by atoms with Crippen molar-refractivity contribution in [3.63, 3.8) is 0 Å². The van der Waals surface area contributed by atoms with E-state index in [1.165, 1.54) is 0 Å². The van der Waals surface area contributed by atoms with E-state index in [1.54, 1.807) is 7.11 Å². The van der Waals surface area contributed by atoms with E-state index in [4.69, 9.17) is 4.74 Å². The summed E-state index contributed by atoms with van der Waals surface area (Å²) in [6, 6.07) is -0.286. The number of methoxy groups -OCH3 is 1. The Morgan fingerprint density at radius 2 is 2.19 bits per heavy atom. The summed E-state index contributed by atoms with van der Waals surface area (Å²) in [5, 5.41) is 12.4. The molecule has 1 heterocycles. The van der Waals surface area contributed by atoms with Crippen LogP contribution < -0.4 is 5.32 Å². The standard InChI is InChI=1S/C15H28N2O4/c1-4-6-15(14(19)20)7-9-17(11-15)12(2)13(18)16-8-5-10-21-3/h12H,4-11H2,1-3H3,(H,16,18)(H,19,20). The van der Waals surface area contributed by atoms with Crippen molar-refractivity contribution in [2.75, 3.05) is 33.4 Å². The predicted octanol–water partition coefficient (Wildman–Crippen LogP) is 1.10. The largest absolute Gasteiger partial charge is 0.481 e. The molecule has 21 heavy (non-hydrogen) atoms. The maximum atomic E-state index is 12.1. The van der Waals surface area contributed by atoms with Crippen LogP contribution in [0.3, 0.4) is 0 Å². The van der Waals surface area contributed by atoms with Gasteiger partial charge in [-0.05, 0) is 26.2 Å². The van der Waals surface area contributed by atoms with Crippen LogP contribution in [0.15, 0.2) is 0 Å². The Balaban J connectivity index is 2.50. The van der Waals surface area contributed by atoms with Gasteiger partial charge in [-0.15, -0.1) is 0 Å². The van der Waals surface area contributed by atoms with Gasteiger partial charge in [0.05, 0.1) is 11.5 Å². The van der Waals surface area contributed by atoms with E-state index in [0.717, 1.165) is 12.8 Å². The van der Waals surface area contributed by atoms with E-state index in [0.29, 0.717) is 39.1 Å². The van der Waals surface area contributed by atoms with Gasteiger partial charge in [-0.3, -0.25) is 14.5 Å². The summed E-state index contributed by atoms with van der Waals surface area (Å²) in [6.45, 7) is 6.18. The molecular weight excluding hydrogens is 272 g/mol. The molecule has 1 rings (SSSR count). The number of nitrogens with one attached hydrogen (secondary N) is 1. The van der Waals surface area contributed by atoms with Crippen molar-refractivity contribution in [2.45, 2.75) is 45.6 Å². The topological polar surface area (TPSA) is 78.9 Å². The third-order valence-electron chi connectivity index (χ3n) is 4.32. The first-order valence-electron chi connectivity index (χ1n) is 7.71. The van der Waals surface area contributed by atoms with Gasteiger partial charge >= 0.3 is 5.97 Å². The van der Waals surface area contributed by atoms with Crippen molar-refractivity contribution >= 4 is 11.9 Å². The Bertz CT molecular complexity index is 362. The average molecular weight is 300 g/mol. The molecule has 6 nitrogen and oxygen atoms in total. The molecule has 6 heteroatoms. The van der Waals surface area contributed by atoms with Crippen LogP contribution in [-0.2, 0) is 14.3 Å². The van der Waals surface area contributed by atoms with Gasteiger partial charge in [0, 0.05) is 33.4 Å². The molecule has 0 aromatic rings. The smallest absolute Gasteiger partial charge is 0.310 e. The Morgan fingerprint density at radius 3 is 2.76 bits per heavy atom. The minimum Gasteiger partial charge on any atom is -0.481 e. The summed E-state index contributed by atoms with van der Waals surface area (Å²) in [7, 11) is 1.63. The Hall–Kier alpha value is -1.14. The summed E-state index contributed by atoms with van der Waals surface area (Å²) in [6.07, 6.45) is 2.92. The number of amides is 1. The fourth-order valence-corrected chi connectivity index (χ4v) is 2.94. The molecule has 0 saturated carbocycles. The summed E-state index contributed by atoms with van der Waals surface area (Å²) >= 11 is 0. The SMILES string of the molecule is CCCC1(C(=O)O)CCN(C(C)C(=O)NCCCOC)C1. The minimum atomic E-state index is -0.737. The Labute approximate surface area is 126 Å². The normalized spacial score (nSPS) is 24.0. The maximum absolute atomic E-state index is 12.1. The van der Waals surface area contributed by atoms with Crippen LogP contribution >= 0.6 is 0 Å². The molecule has 1 aliphatic heterocycles. The van der Waals surface area contributed by atoms with Gasteiger partial charge in [-0.1, -0.05) is 13.3 Å². The molecule has 1 saturated heterocycles. The Morgan fingerprint density at radius 1 is 1.48 bits per heavy atom. The van der Waals surface area contributed by atoms with E-state index < -0.39 is 11.4 Å². The van der Waals surface area contributed by atoms with Gasteiger partial charge in [0.2, 0.25) is 5.91 Å². The van der Waals surface area contributed by atoms with Gasteiger partial charge in [-0.25, -0.2) is 0 Å². The first kappa shape index (κ1) is 17.9. The monoisotopic (exact) mass is 300 g/mol. The molecule has 2 unspecified atom stereocenters. The number of carbonyl (C=O) groups is 2. The van der Waals surface area contributed by atoms with Gasteiger partial charge in [0.1, 0.15) is 0 Å². The fourth-order valence-electron chi connectivity index (χ4n) is 2.94. The van der Waals surface area contributed by atoms with Crippen LogP contribution in [0.25, 0.3) is 0 Å². The molecule has 0 spiro atoms. The zero-order valence-electron chi connectivity index (χ0n) is 13.4. The van der Waals surface area contributed by atoms with E-state index in [-0.39, 0.29) is 11.9 Å². The molecular formula is C15H28N2O4. The molecule has 2 N–H and O–H groups in total. The van der Waals surface area contributed by atoms with Crippen LogP contribution in [0.2, 0.25) is 0 Å². The lowest BCUT2D eigenvalue weighted by Gasteiger charge is -2.27. The van der Waals surface area contributed by atoms with Crippen molar-refractivity contribution in [3.8, 4) is 0 Å². The van der Waals surface area contributed by atoms with Crippen LogP contribution in [-0.4, -0.2) is 61.3 Å². The third-order valence-corrected chi connectivity index (χ3v) is 4.32. The van der Waals surface area contributed by atoms with Crippen molar-refractivity contribution < 1.29 is 19.4 Å². The first-order chi connectivity index (χ1) is 9.96. The second-order valence-corrected chi connectivity index (χ2v) is 5.87. The number of rotatable bonds is 9. The van der Waals surface area contributed by atoms with E-state index >= 15 is 0 Å². The average Bonchev–Trinajstić information content (AvgIpc) is 2.88. The fraction of sp³-hybridized carbons (Fsp3) is 0.867. The van der Waals surface area contributed by atoms with E-state index in [9.17, 15) is 14.7 Å². The highest BCUT2D eigenvalue weighted by Gasteiger charge is 2.45. The van der Waals surface area contributed by atoms with Gasteiger partial charge in [0.15, 0.2) is 0 Å². The highest BCUT2D eigenvalue weighted by Crippen LogP contribution is 2.36. The van der Waals surface area contributed by atoms with Crippen molar-refractivity contribution in [3.05, 3.63) is 0 Å². The van der Waals surface area contributed by atoms with Gasteiger partial charge < -0.3 is 15.2 Å². The summed E-state index contributed by atoms with van der Waals surface area (Å²) in [4.78, 5) is 25.6. The number of carboxylic acid groups (broad SMARTS) is 1. The molecule has 0 aliphatic carbocycles. The molecule has 0 radical (unpaired) electrons. The van der Waals surface area contributed by atoms with Gasteiger partial charge in [0.25, 0.3) is 0 Å². The molecule has 0 aromatic heterocycles. The molecule has 0 bridgehead atoms. The van der Waals surface area contributed by atoms with E-state index in [2.05, 4.69) is 5.32 Å². The maximum Gasteiger partial charge on any atom is 0.310 e. The highest BCUT2D eigenvalue weighted by molar-refractivity contribution is 5.82. The predicted molar refractivity (Wildman–Crippen MR) is 80.1 cm³/mol. The highest BCUT2D eigenvalue weighted by atomic mass is 16.5. The van der Waals surface area contributed by atoms with Crippen molar-refractivity contribution in [2.24, 2.45) is 5.41 Å². The lowest BCUT2D eigenvalue weighted by molar-refractivity contribution is -0.149. The number of likely N-dealkylation sites (tertiary alicyclic amines) is 1. The van der Waals surface area contributed by atoms with Crippen molar-refractivity contribution in [1.29, 1.82) is 0 Å². The number of carbonyl (C=O) groups excluding carboxylic acids is 1. The molecule has 1 fully saturated rings. The summed E-state index contributed by atoms with van der Waals surface area (Å²) in [5.74, 6) is -0.775. The van der Waals surface area contributed by atoms with E-state index in [1.807, 2.05) is 18.7 Å². The molecule has 0 aromatic carbocycles. The van der Waals surface area contributed by atoms with Crippen molar-refractivity contribution in [1.82, 2.24) is 10.2 Å². The summed E-state index contributed by atoms with van der Waals surface area (Å²) < 4.78 is 4.94. The number of ether oxygens (including phenoxy) is 1. The quantitative estimate of drug-likeness (QED) is 0.624. The first-order valence-corrected chi connectivity index (χ1v) is 7.71. The van der Waals surface area contributed by atoms with Crippen LogP contribution in [0.4, 0.5) is 0 Å². The molecule has 1 aliphatic rings. The zero-order chi connectivity index (χ0) is 15.9. The van der Waals surface area contributed by atoms with Crippen LogP contribution in [0, 0.1) is 5.41 Å². The molecule has 2 atom stereocenters. The zero-order valence-corrected chi connectivity index (χ0v) is 13.4. The number of aliphatic carboxylic acids is 1. The molecule has 122 valence electrons. The second kappa shape index (κ2) is 8.34. The summed E-state index contributed by atoms with van der Waals surface area (Å²) in [5.41, 5.74) is -0.681. The molecule has 1 amide bonds. The minimum absolute atomic E-state index is 0.0382. The second-order valence-electron chi connectivity index (χ2n) is 5.87. The number of hydrogen-bond donors (Lipinski definition) is 2. The lowest BCUT2D eigenvalue weighted by Crippen LogP contribution is -2.46. The Kier molecular flexibility index (Phi) is 7.11.